The van der Waals surface area contributed by atoms with Crippen molar-refractivity contribution in [2.75, 3.05) is 0 Å². The predicted molar refractivity (Wildman–Crippen MR) is 53.4 cm³/mol. The first-order valence-corrected chi connectivity index (χ1v) is 4.36. The highest BCUT2D eigenvalue weighted by Crippen LogP contribution is 2.13. The highest BCUT2D eigenvalue weighted by atomic mass is 16.1. The van der Waals surface area contributed by atoms with Gasteiger partial charge < -0.3 is 9.78 Å². The van der Waals surface area contributed by atoms with Crippen molar-refractivity contribution in [1.29, 1.82) is 0 Å². The molecule has 0 aliphatic rings. The number of nitrogens with zero attached hydrogens (tertiary/aromatic N) is 1. The summed E-state index contributed by atoms with van der Waals surface area (Å²) in [7, 11) is 0. The molecule has 14 heavy (non-hydrogen) atoms. The zero-order valence-electron chi connectivity index (χ0n) is 7.78. The van der Waals surface area contributed by atoms with Gasteiger partial charge in [0.15, 0.2) is 0 Å². The van der Waals surface area contributed by atoms with Crippen LogP contribution in [0.1, 0.15) is 5.56 Å². The zero-order chi connectivity index (χ0) is 10.1. The summed E-state index contributed by atoms with van der Waals surface area (Å²) in [4.78, 5) is 24.5. The Balaban J connectivity index is 2.86. The predicted octanol–water partition coefficient (Wildman–Crippen LogP) is 0.837. The molecule has 72 valence electrons. The maximum absolute atomic E-state index is 11.4. The Labute approximate surface area is 80.2 Å². The lowest BCUT2D eigenvalue weighted by Gasteiger charge is -1.99. The lowest BCUT2D eigenvalue weighted by Crippen LogP contribution is -2.17. The molecule has 0 atom stereocenters. The summed E-state index contributed by atoms with van der Waals surface area (Å²) in [5, 5.41) is 0. The zero-order valence-corrected chi connectivity index (χ0v) is 7.78. The first-order chi connectivity index (χ1) is 6.74. The average molecular weight is 190 g/mol. The maximum Gasteiger partial charge on any atom is 0.326 e. The minimum atomic E-state index is -0.235. The Bertz CT molecular complexity index is 537. The molecule has 0 saturated carbocycles. The van der Waals surface area contributed by atoms with Crippen LogP contribution in [0.5, 0.6) is 0 Å². The standard InChI is InChI=1S/C10H10N2O2/c1-7-3-2-4-8-9(7)12(5-6-13)10(14)11-8/h2-4,6H,5H2,1H3,(H,11,14). The lowest BCUT2D eigenvalue weighted by atomic mass is 10.2. The number of hydrogen-bond acceptors (Lipinski definition) is 2. The molecule has 0 amide bonds. The van der Waals surface area contributed by atoms with Crippen molar-refractivity contribution >= 4 is 17.3 Å². The molecule has 0 aliphatic heterocycles. The van der Waals surface area contributed by atoms with Gasteiger partial charge >= 0.3 is 5.69 Å². The molecular weight excluding hydrogens is 180 g/mol. The fraction of sp³-hybridized carbons (Fsp3) is 0.200. The molecule has 0 saturated heterocycles. The van der Waals surface area contributed by atoms with E-state index in [0.717, 1.165) is 22.9 Å². The Morgan fingerprint density at radius 2 is 2.29 bits per heavy atom. The average Bonchev–Trinajstić information content (AvgIpc) is 2.45. The third kappa shape index (κ3) is 1.16. The molecule has 1 heterocycles. The number of rotatable bonds is 2. The van der Waals surface area contributed by atoms with Gasteiger partial charge in [0.1, 0.15) is 6.29 Å². The number of aldehydes is 1. The van der Waals surface area contributed by atoms with E-state index in [1.54, 1.807) is 0 Å². The number of benzene rings is 1. The second-order valence-corrected chi connectivity index (χ2v) is 3.18. The van der Waals surface area contributed by atoms with Crippen molar-refractivity contribution in [2.24, 2.45) is 0 Å². The van der Waals surface area contributed by atoms with Crippen molar-refractivity contribution in [3.05, 3.63) is 34.2 Å². The quantitative estimate of drug-likeness (QED) is 0.713. The number of carbonyl (C=O) groups is 1. The Morgan fingerprint density at radius 3 is 3.00 bits per heavy atom. The van der Waals surface area contributed by atoms with Gasteiger partial charge in [0.25, 0.3) is 0 Å². The third-order valence-electron chi connectivity index (χ3n) is 2.25. The van der Waals surface area contributed by atoms with E-state index < -0.39 is 0 Å². The lowest BCUT2D eigenvalue weighted by molar-refractivity contribution is -0.108. The van der Waals surface area contributed by atoms with Gasteiger partial charge in [-0.05, 0) is 18.6 Å². The second-order valence-electron chi connectivity index (χ2n) is 3.18. The number of H-pyrrole nitrogens is 1. The van der Waals surface area contributed by atoms with Gasteiger partial charge in [0.2, 0.25) is 0 Å². The summed E-state index contributed by atoms with van der Waals surface area (Å²) < 4.78 is 1.44. The van der Waals surface area contributed by atoms with Crippen LogP contribution < -0.4 is 5.69 Å². The molecule has 0 fully saturated rings. The van der Waals surface area contributed by atoms with Crippen molar-refractivity contribution in [3.8, 4) is 0 Å². The molecule has 0 unspecified atom stereocenters. The second kappa shape index (κ2) is 3.14. The summed E-state index contributed by atoms with van der Waals surface area (Å²) in [6, 6.07) is 5.61. The molecular formula is C10H10N2O2. The van der Waals surface area contributed by atoms with Crippen LogP contribution in [0.3, 0.4) is 0 Å². The van der Waals surface area contributed by atoms with Crippen LogP contribution in [0.2, 0.25) is 0 Å². The van der Waals surface area contributed by atoms with Gasteiger partial charge in [-0.3, -0.25) is 4.57 Å². The van der Waals surface area contributed by atoms with Gasteiger partial charge in [-0.2, -0.15) is 0 Å². The number of aryl methyl sites for hydroxylation is 1. The molecule has 1 aromatic carbocycles. The minimum absolute atomic E-state index is 0.101. The molecule has 0 radical (unpaired) electrons. The van der Waals surface area contributed by atoms with Crippen LogP contribution in [0.15, 0.2) is 23.0 Å². The van der Waals surface area contributed by atoms with Gasteiger partial charge in [-0.15, -0.1) is 0 Å². The highest BCUT2D eigenvalue weighted by Gasteiger charge is 2.07. The van der Waals surface area contributed by atoms with Crippen LogP contribution in [-0.2, 0) is 11.3 Å². The molecule has 2 rings (SSSR count). The van der Waals surface area contributed by atoms with E-state index >= 15 is 0 Å². The molecule has 0 aliphatic carbocycles. The molecule has 4 heteroatoms. The summed E-state index contributed by atoms with van der Waals surface area (Å²) in [6.45, 7) is 2.01. The van der Waals surface area contributed by atoms with E-state index in [4.69, 9.17) is 0 Å². The number of fused-ring (bicyclic) bond motifs is 1. The number of imidazole rings is 1. The molecule has 2 aromatic rings. The van der Waals surface area contributed by atoms with E-state index in [2.05, 4.69) is 4.98 Å². The number of carbonyl (C=O) groups excluding carboxylic acids is 1. The fourth-order valence-electron chi connectivity index (χ4n) is 1.65. The van der Waals surface area contributed by atoms with Crippen LogP contribution in [0.4, 0.5) is 0 Å². The molecule has 1 N–H and O–H groups in total. The maximum atomic E-state index is 11.4. The van der Waals surface area contributed by atoms with E-state index in [1.165, 1.54) is 4.57 Å². The van der Waals surface area contributed by atoms with Crippen LogP contribution in [0, 0.1) is 6.92 Å². The smallest absolute Gasteiger partial charge is 0.306 e. The Kier molecular flexibility index (Phi) is 1.96. The monoisotopic (exact) mass is 190 g/mol. The van der Waals surface area contributed by atoms with Crippen LogP contribution in [-0.4, -0.2) is 15.8 Å². The van der Waals surface area contributed by atoms with Crippen molar-refractivity contribution in [3.63, 3.8) is 0 Å². The summed E-state index contributed by atoms with van der Waals surface area (Å²) in [5.74, 6) is 0. The first-order valence-electron chi connectivity index (χ1n) is 4.36. The molecule has 0 spiro atoms. The minimum Gasteiger partial charge on any atom is -0.306 e. The van der Waals surface area contributed by atoms with E-state index in [-0.39, 0.29) is 12.2 Å². The normalized spacial score (nSPS) is 10.6. The molecule has 0 bridgehead atoms. The van der Waals surface area contributed by atoms with Gasteiger partial charge in [0.05, 0.1) is 17.6 Å². The largest absolute Gasteiger partial charge is 0.326 e. The van der Waals surface area contributed by atoms with Crippen molar-refractivity contribution < 1.29 is 4.79 Å². The number of aromatic nitrogens is 2. The highest BCUT2D eigenvalue weighted by molar-refractivity contribution is 5.79. The Hall–Kier alpha value is -1.84. The van der Waals surface area contributed by atoms with E-state index in [9.17, 15) is 9.59 Å². The number of para-hydroxylation sites is 1. The van der Waals surface area contributed by atoms with Gasteiger partial charge in [-0.1, -0.05) is 12.1 Å². The Morgan fingerprint density at radius 1 is 1.50 bits per heavy atom. The van der Waals surface area contributed by atoms with E-state index in [0.29, 0.717) is 0 Å². The number of nitrogens with one attached hydrogen (secondary N) is 1. The third-order valence-corrected chi connectivity index (χ3v) is 2.25. The summed E-state index contributed by atoms with van der Waals surface area (Å²) >= 11 is 0. The molecule has 4 nitrogen and oxygen atoms in total. The van der Waals surface area contributed by atoms with Gasteiger partial charge in [-0.25, -0.2) is 4.79 Å². The van der Waals surface area contributed by atoms with Crippen molar-refractivity contribution in [2.45, 2.75) is 13.5 Å². The topological polar surface area (TPSA) is 54.9 Å². The first kappa shape index (κ1) is 8.74. The summed E-state index contributed by atoms with van der Waals surface area (Å²) in [5.41, 5.74) is 2.34. The molecule has 1 aromatic heterocycles. The summed E-state index contributed by atoms with van der Waals surface area (Å²) in [6.07, 6.45) is 0.723. The number of hydrogen-bond donors (Lipinski definition) is 1. The van der Waals surface area contributed by atoms with E-state index in [1.807, 2.05) is 25.1 Å². The van der Waals surface area contributed by atoms with Gasteiger partial charge in [0, 0.05) is 0 Å². The van der Waals surface area contributed by atoms with Crippen LogP contribution in [0.25, 0.3) is 11.0 Å². The van der Waals surface area contributed by atoms with Crippen molar-refractivity contribution in [1.82, 2.24) is 9.55 Å². The number of aromatic amines is 1. The van der Waals surface area contributed by atoms with Crippen LogP contribution >= 0.6 is 0 Å². The SMILES string of the molecule is Cc1cccc2[nH]c(=O)n(CC=O)c12. The fourth-order valence-corrected chi connectivity index (χ4v) is 1.65.